The van der Waals surface area contributed by atoms with Crippen molar-refractivity contribution in [3.63, 3.8) is 0 Å². The first-order valence-electron chi connectivity index (χ1n) is 9.91. The third kappa shape index (κ3) is 4.70. The number of benzene rings is 2. The zero-order valence-corrected chi connectivity index (χ0v) is 16.6. The third-order valence-electron chi connectivity index (χ3n) is 5.22. The van der Waals surface area contributed by atoms with Crippen molar-refractivity contribution < 1.29 is 9.53 Å². The van der Waals surface area contributed by atoms with Gasteiger partial charge >= 0.3 is 0 Å². The van der Waals surface area contributed by atoms with E-state index in [1.807, 2.05) is 13.0 Å². The van der Waals surface area contributed by atoms with Gasteiger partial charge in [-0.2, -0.15) is 0 Å². The largest absolute Gasteiger partial charge is 0.379 e. The number of carbonyl (C=O) groups is 1. The van der Waals surface area contributed by atoms with Gasteiger partial charge in [-0.25, -0.2) is 0 Å². The predicted octanol–water partition coefficient (Wildman–Crippen LogP) is 4.14. The standard InChI is InChI=1S/C24H25N3O2/c1-18-15-19(8-9-23(18)26-24(28)20-6-4-10-25-16-20)22-7-3-2-5-21(22)17-27-11-13-29-14-12-27/h2-10,15-16H,11-14,17H2,1H3,(H,26,28). The van der Waals surface area contributed by atoms with Gasteiger partial charge in [0.05, 0.1) is 18.8 Å². The van der Waals surface area contributed by atoms with Gasteiger partial charge < -0.3 is 10.1 Å². The Hall–Kier alpha value is -3.02. The van der Waals surface area contributed by atoms with Gasteiger partial charge in [-0.05, 0) is 53.4 Å². The number of aryl methyl sites for hydroxylation is 1. The van der Waals surface area contributed by atoms with E-state index >= 15 is 0 Å². The second kappa shape index (κ2) is 8.99. The van der Waals surface area contributed by atoms with Crippen LogP contribution in [0.3, 0.4) is 0 Å². The SMILES string of the molecule is Cc1cc(-c2ccccc2CN2CCOCC2)ccc1NC(=O)c1cccnc1. The maximum Gasteiger partial charge on any atom is 0.257 e. The summed E-state index contributed by atoms with van der Waals surface area (Å²) < 4.78 is 5.46. The molecule has 0 unspecified atom stereocenters. The molecule has 1 fully saturated rings. The van der Waals surface area contributed by atoms with Crippen molar-refractivity contribution in [3.8, 4) is 11.1 Å². The smallest absolute Gasteiger partial charge is 0.257 e. The minimum atomic E-state index is -0.151. The average Bonchev–Trinajstić information content (AvgIpc) is 2.77. The highest BCUT2D eigenvalue weighted by Gasteiger charge is 2.14. The number of nitrogens with zero attached hydrogens (tertiary/aromatic N) is 2. The second-order valence-electron chi connectivity index (χ2n) is 7.27. The molecule has 1 N–H and O–H groups in total. The van der Waals surface area contributed by atoms with Crippen LogP contribution in [0.25, 0.3) is 11.1 Å². The number of aromatic nitrogens is 1. The Morgan fingerprint density at radius 3 is 2.69 bits per heavy atom. The summed E-state index contributed by atoms with van der Waals surface area (Å²) in [7, 11) is 0. The van der Waals surface area contributed by atoms with Crippen LogP contribution >= 0.6 is 0 Å². The number of carbonyl (C=O) groups excluding carboxylic acids is 1. The van der Waals surface area contributed by atoms with E-state index in [1.54, 1.807) is 24.5 Å². The summed E-state index contributed by atoms with van der Waals surface area (Å²) in [4.78, 5) is 18.9. The number of hydrogen-bond acceptors (Lipinski definition) is 4. The van der Waals surface area contributed by atoms with E-state index in [9.17, 15) is 4.79 Å². The van der Waals surface area contributed by atoms with Gasteiger partial charge in [-0.3, -0.25) is 14.7 Å². The van der Waals surface area contributed by atoms with Gasteiger partial charge in [0.25, 0.3) is 5.91 Å². The van der Waals surface area contributed by atoms with Gasteiger partial charge in [0, 0.05) is 37.7 Å². The number of rotatable bonds is 5. The van der Waals surface area contributed by atoms with Crippen LogP contribution < -0.4 is 5.32 Å². The predicted molar refractivity (Wildman–Crippen MR) is 115 cm³/mol. The molecule has 0 bridgehead atoms. The van der Waals surface area contributed by atoms with Crippen LogP contribution in [0.1, 0.15) is 21.5 Å². The first kappa shape index (κ1) is 19.3. The molecule has 2 aromatic carbocycles. The molecule has 2 heterocycles. The van der Waals surface area contributed by atoms with Gasteiger partial charge in [-0.1, -0.05) is 30.3 Å². The Morgan fingerprint density at radius 2 is 1.93 bits per heavy atom. The Balaban J connectivity index is 1.54. The number of pyridine rings is 1. The molecule has 1 aliphatic rings. The van der Waals surface area contributed by atoms with Crippen LogP contribution in [0, 0.1) is 6.92 Å². The normalized spacial score (nSPS) is 14.5. The van der Waals surface area contributed by atoms with E-state index in [2.05, 4.69) is 51.6 Å². The van der Waals surface area contributed by atoms with Crippen LogP contribution in [-0.4, -0.2) is 42.1 Å². The highest BCUT2D eigenvalue weighted by molar-refractivity contribution is 6.04. The van der Waals surface area contributed by atoms with E-state index in [0.717, 1.165) is 49.7 Å². The van der Waals surface area contributed by atoms with Crippen molar-refractivity contribution in [2.75, 3.05) is 31.6 Å². The van der Waals surface area contributed by atoms with Gasteiger partial charge in [0.15, 0.2) is 0 Å². The molecular weight excluding hydrogens is 362 g/mol. The minimum absolute atomic E-state index is 0.151. The minimum Gasteiger partial charge on any atom is -0.379 e. The quantitative estimate of drug-likeness (QED) is 0.715. The van der Waals surface area contributed by atoms with Crippen LogP contribution in [0.5, 0.6) is 0 Å². The van der Waals surface area contributed by atoms with E-state index in [1.165, 1.54) is 11.1 Å². The molecule has 0 saturated carbocycles. The number of morpholine rings is 1. The van der Waals surface area contributed by atoms with Crippen LogP contribution in [0.15, 0.2) is 67.0 Å². The van der Waals surface area contributed by atoms with Gasteiger partial charge in [0.2, 0.25) is 0 Å². The van der Waals surface area contributed by atoms with Crippen LogP contribution in [0.2, 0.25) is 0 Å². The first-order chi connectivity index (χ1) is 14.2. The molecule has 148 valence electrons. The molecule has 0 aliphatic carbocycles. The Morgan fingerprint density at radius 1 is 1.10 bits per heavy atom. The summed E-state index contributed by atoms with van der Waals surface area (Å²) in [5.74, 6) is -0.151. The molecule has 0 radical (unpaired) electrons. The highest BCUT2D eigenvalue weighted by atomic mass is 16.5. The lowest BCUT2D eigenvalue weighted by Crippen LogP contribution is -2.35. The molecule has 1 aliphatic heterocycles. The van der Waals surface area contributed by atoms with Crippen molar-refractivity contribution in [2.45, 2.75) is 13.5 Å². The van der Waals surface area contributed by atoms with Gasteiger partial charge in [0.1, 0.15) is 0 Å². The Labute approximate surface area is 171 Å². The fraction of sp³-hybridized carbons (Fsp3) is 0.250. The molecule has 0 atom stereocenters. The first-order valence-corrected chi connectivity index (χ1v) is 9.91. The number of amides is 1. The lowest BCUT2D eigenvalue weighted by molar-refractivity contribution is 0.0342. The summed E-state index contributed by atoms with van der Waals surface area (Å²) >= 11 is 0. The molecule has 0 spiro atoms. The monoisotopic (exact) mass is 387 g/mol. The van der Waals surface area contributed by atoms with E-state index in [0.29, 0.717) is 5.56 Å². The van der Waals surface area contributed by atoms with E-state index in [-0.39, 0.29) is 5.91 Å². The average molecular weight is 387 g/mol. The zero-order chi connectivity index (χ0) is 20.1. The highest BCUT2D eigenvalue weighted by Crippen LogP contribution is 2.29. The number of hydrogen-bond donors (Lipinski definition) is 1. The fourth-order valence-electron chi connectivity index (χ4n) is 3.60. The van der Waals surface area contributed by atoms with E-state index < -0.39 is 0 Å². The topological polar surface area (TPSA) is 54.5 Å². The molecule has 4 rings (SSSR count). The van der Waals surface area contributed by atoms with E-state index in [4.69, 9.17) is 4.74 Å². The van der Waals surface area contributed by atoms with Crippen LogP contribution in [0.4, 0.5) is 5.69 Å². The third-order valence-corrected chi connectivity index (χ3v) is 5.22. The van der Waals surface area contributed by atoms with Gasteiger partial charge in [-0.15, -0.1) is 0 Å². The fourth-order valence-corrected chi connectivity index (χ4v) is 3.60. The van der Waals surface area contributed by atoms with Crippen molar-refractivity contribution in [3.05, 3.63) is 83.7 Å². The van der Waals surface area contributed by atoms with Crippen molar-refractivity contribution in [1.29, 1.82) is 0 Å². The molecule has 5 nitrogen and oxygen atoms in total. The summed E-state index contributed by atoms with van der Waals surface area (Å²) in [6.45, 7) is 6.46. The summed E-state index contributed by atoms with van der Waals surface area (Å²) in [5, 5.41) is 2.98. The molecule has 5 heteroatoms. The lowest BCUT2D eigenvalue weighted by Gasteiger charge is -2.27. The molecule has 1 aromatic heterocycles. The Bertz CT molecular complexity index is 982. The zero-order valence-electron chi connectivity index (χ0n) is 16.6. The lowest BCUT2D eigenvalue weighted by atomic mass is 9.97. The molecular formula is C24H25N3O2. The molecule has 1 amide bonds. The Kier molecular flexibility index (Phi) is 5.98. The molecule has 29 heavy (non-hydrogen) atoms. The second-order valence-corrected chi connectivity index (χ2v) is 7.27. The van der Waals surface area contributed by atoms with Crippen LogP contribution in [-0.2, 0) is 11.3 Å². The van der Waals surface area contributed by atoms with Crippen molar-refractivity contribution >= 4 is 11.6 Å². The summed E-state index contributed by atoms with van der Waals surface area (Å²) in [6.07, 6.45) is 3.23. The maximum atomic E-state index is 12.4. The van der Waals surface area contributed by atoms with Crippen molar-refractivity contribution in [1.82, 2.24) is 9.88 Å². The number of anilines is 1. The molecule has 1 saturated heterocycles. The van der Waals surface area contributed by atoms with Crippen molar-refractivity contribution in [2.24, 2.45) is 0 Å². The summed E-state index contributed by atoms with van der Waals surface area (Å²) in [6, 6.07) is 18.2. The molecule has 3 aromatic rings. The summed E-state index contributed by atoms with van der Waals surface area (Å²) in [5.41, 5.74) is 6.08. The number of ether oxygens (including phenoxy) is 1. The number of nitrogens with one attached hydrogen (secondary N) is 1. The maximum absolute atomic E-state index is 12.4.